The molecule has 1 heterocycles. The maximum Gasteiger partial charge on any atom is 0.240 e. The lowest BCUT2D eigenvalue weighted by Gasteiger charge is -2.22. The molecule has 0 aromatic heterocycles. The van der Waals surface area contributed by atoms with E-state index in [4.69, 9.17) is 0 Å². The van der Waals surface area contributed by atoms with Crippen LogP contribution in [0.1, 0.15) is 12.0 Å². The Kier molecular flexibility index (Phi) is 4.72. The van der Waals surface area contributed by atoms with Crippen LogP contribution >= 0.6 is 0 Å². The molecule has 1 unspecified atom stereocenters. The molecule has 104 valence electrons. The molecule has 20 heavy (non-hydrogen) atoms. The van der Waals surface area contributed by atoms with Gasteiger partial charge in [-0.1, -0.05) is 30.3 Å². The van der Waals surface area contributed by atoms with E-state index in [1.807, 2.05) is 30.3 Å². The Labute approximate surface area is 118 Å². The van der Waals surface area contributed by atoms with E-state index in [0.717, 1.165) is 5.56 Å². The van der Waals surface area contributed by atoms with Crippen LogP contribution in [0.3, 0.4) is 0 Å². The fourth-order valence-corrected chi connectivity index (χ4v) is 2.25. The van der Waals surface area contributed by atoms with Gasteiger partial charge in [-0.05, 0) is 12.0 Å². The highest BCUT2D eigenvalue weighted by Crippen LogP contribution is 2.12. The van der Waals surface area contributed by atoms with E-state index in [1.165, 1.54) is 0 Å². The lowest BCUT2D eigenvalue weighted by molar-refractivity contribution is -0.133. The molecule has 0 bridgehead atoms. The van der Waals surface area contributed by atoms with Gasteiger partial charge in [0, 0.05) is 26.1 Å². The molecular weight excluding hydrogens is 254 g/mol. The molecule has 0 radical (unpaired) electrons. The number of nitrogens with zero attached hydrogens (tertiary/aromatic N) is 2. The second-order valence-electron chi connectivity index (χ2n) is 4.80. The number of amides is 2. The molecule has 1 atom stereocenters. The molecule has 1 aromatic rings. The fraction of sp³-hybridized carbons (Fsp3) is 0.400. The first-order chi connectivity index (χ1) is 9.70. The Balaban J connectivity index is 2.02. The van der Waals surface area contributed by atoms with Gasteiger partial charge in [-0.3, -0.25) is 9.59 Å². The summed E-state index contributed by atoms with van der Waals surface area (Å²) in [5.41, 5.74) is 0.969. The summed E-state index contributed by atoms with van der Waals surface area (Å²) in [6, 6.07) is 11.6. The Morgan fingerprint density at radius 1 is 1.35 bits per heavy atom. The summed E-state index contributed by atoms with van der Waals surface area (Å²) in [6.45, 7) is 1.31. The van der Waals surface area contributed by atoms with Crippen molar-refractivity contribution in [3.05, 3.63) is 35.9 Å². The molecule has 5 nitrogen and oxygen atoms in total. The van der Waals surface area contributed by atoms with Gasteiger partial charge in [0.25, 0.3) is 0 Å². The Morgan fingerprint density at radius 2 is 2.10 bits per heavy atom. The van der Waals surface area contributed by atoms with E-state index in [0.29, 0.717) is 32.5 Å². The van der Waals surface area contributed by atoms with Crippen LogP contribution in [0.2, 0.25) is 0 Å². The molecule has 1 aliphatic rings. The molecular formula is C15H17N3O2. The van der Waals surface area contributed by atoms with Gasteiger partial charge in [0.05, 0.1) is 6.07 Å². The van der Waals surface area contributed by atoms with E-state index in [-0.39, 0.29) is 11.8 Å². The second kappa shape index (κ2) is 6.71. The molecule has 1 N–H and O–H groups in total. The largest absolute Gasteiger partial charge is 0.354 e. The number of carbonyl (C=O) groups excluding carboxylic acids is 2. The van der Waals surface area contributed by atoms with E-state index in [2.05, 4.69) is 11.4 Å². The summed E-state index contributed by atoms with van der Waals surface area (Å²) in [5, 5.41) is 12.0. The normalized spacial score (nSPS) is 16.8. The zero-order valence-electron chi connectivity index (χ0n) is 11.2. The molecule has 2 amide bonds. The third kappa shape index (κ3) is 3.58. The molecule has 1 fully saturated rings. The average molecular weight is 271 g/mol. The summed E-state index contributed by atoms with van der Waals surface area (Å²) in [7, 11) is 0. The lowest BCUT2D eigenvalue weighted by Crippen LogP contribution is -2.38. The molecule has 1 aliphatic heterocycles. The first-order valence-corrected chi connectivity index (χ1v) is 6.69. The predicted octanol–water partition coefficient (Wildman–Crippen LogP) is 0.717. The Morgan fingerprint density at radius 3 is 2.80 bits per heavy atom. The lowest BCUT2D eigenvalue weighted by atomic mass is 9.99. The van der Waals surface area contributed by atoms with Gasteiger partial charge < -0.3 is 10.2 Å². The van der Waals surface area contributed by atoms with Crippen molar-refractivity contribution in [3.8, 4) is 6.07 Å². The van der Waals surface area contributed by atoms with Crippen LogP contribution in [0.15, 0.2) is 30.3 Å². The minimum atomic E-state index is -0.689. The molecule has 0 saturated carbocycles. The number of hydrogen-bond acceptors (Lipinski definition) is 3. The minimum Gasteiger partial charge on any atom is -0.354 e. The Bertz CT molecular complexity index is 522. The SMILES string of the molecule is N#CC(Cc1ccccc1)C(=O)N1CCNC(=O)CC1. The van der Waals surface area contributed by atoms with Crippen LogP contribution in [-0.4, -0.2) is 36.3 Å². The average Bonchev–Trinajstić information content (AvgIpc) is 2.70. The Hall–Kier alpha value is -2.35. The second-order valence-corrected chi connectivity index (χ2v) is 4.80. The number of benzene rings is 1. The van der Waals surface area contributed by atoms with Crippen molar-refractivity contribution in [2.45, 2.75) is 12.8 Å². The van der Waals surface area contributed by atoms with E-state index in [9.17, 15) is 14.9 Å². The van der Waals surface area contributed by atoms with Crippen LogP contribution < -0.4 is 5.32 Å². The number of hydrogen-bond donors (Lipinski definition) is 1. The topological polar surface area (TPSA) is 73.2 Å². The van der Waals surface area contributed by atoms with Crippen molar-refractivity contribution in [1.82, 2.24) is 10.2 Å². The van der Waals surface area contributed by atoms with Crippen LogP contribution in [0.25, 0.3) is 0 Å². The van der Waals surface area contributed by atoms with Crippen molar-refractivity contribution in [3.63, 3.8) is 0 Å². The summed E-state index contributed by atoms with van der Waals surface area (Å²) in [5.74, 6) is -0.921. The zero-order chi connectivity index (χ0) is 14.4. The third-order valence-corrected chi connectivity index (χ3v) is 3.36. The summed E-state index contributed by atoms with van der Waals surface area (Å²) in [6.07, 6.45) is 0.712. The van der Waals surface area contributed by atoms with Crippen molar-refractivity contribution >= 4 is 11.8 Å². The van der Waals surface area contributed by atoms with Gasteiger partial charge in [-0.15, -0.1) is 0 Å². The highest BCUT2D eigenvalue weighted by Gasteiger charge is 2.26. The molecule has 0 aliphatic carbocycles. The van der Waals surface area contributed by atoms with Crippen molar-refractivity contribution in [1.29, 1.82) is 5.26 Å². The van der Waals surface area contributed by atoms with Gasteiger partial charge in [0.15, 0.2) is 0 Å². The molecule has 1 saturated heterocycles. The first kappa shape index (κ1) is 14.1. The van der Waals surface area contributed by atoms with Crippen LogP contribution in [0.5, 0.6) is 0 Å². The standard InChI is InChI=1S/C15H17N3O2/c16-11-13(10-12-4-2-1-3-5-12)15(20)18-8-6-14(19)17-7-9-18/h1-5,13H,6-10H2,(H,17,19). The van der Waals surface area contributed by atoms with E-state index < -0.39 is 5.92 Å². The highest BCUT2D eigenvalue weighted by molar-refractivity contribution is 5.83. The van der Waals surface area contributed by atoms with Gasteiger partial charge in [-0.2, -0.15) is 5.26 Å². The number of rotatable bonds is 3. The number of nitriles is 1. The maximum atomic E-state index is 12.4. The monoisotopic (exact) mass is 271 g/mol. The number of nitrogens with one attached hydrogen (secondary N) is 1. The van der Waals surface area contributed by atoms with Gasteiger partial charge in [-0.25, -0.2) is 0 Å². The quantitative estimate of drug-likeness (QED) is 0.880. The third-order valence-electron chi connectivity index (χ3n) is 3.36. The molecule has 2 rings (SSSR count). The van der Waals surface area contributed by atoms with Gasteiger partial charge in [0.2, 0.25) is 11.8 Å². The molecule has 0 spiro atoms. The first-order valence-electron chi connectivity index (χ1n) is 6.69. The fourth-order valence-electron chi connectivity index (χ4n) is 2.25. The van der Waals surface area contributed by atoms with E-state index in [1.54, 1.807) is 4.90 Å². The van der Waals surface area contributed by atoms with Crippen LogP contribution in [-0.2, 0) is 16.0 Å². The predicted molar refractivity (Wildman–Crippen MR) is 73.5 cm³/mol. The molecule has 5 heteroatoms. The van der Waals surface area contributed by atoms with Crippen LogP contribution in [0, 0.1) is 17.2 Å². The summed E-state index contributed by atoms with van der Waals surface area (Å²) < 4.78 is 0. The smallest absolute Gasteiger partial charge is 0.240 e. The maximum absolute atomic E-state index is 12.4. The summed E-state index contributed by atoms with van der Waals surface area (Å²) in [4.78, 5) is 25.2. The number of carbonyl (C=O) groups is 2. The van der Waals surface area contributed by atoms with Gasteiger partial charge in [0.1, 0.15) is 5.92 Å². The minimum absolute atomic E-state index is 0.0446. The van der Waals surface area contributed by atoms with E-state index >= 15 is 0 Å². The molecule has 1 aromatic carbocycles. The van der Waals surface area contributed by atoms with Crippen LogP contribution in [0.4, 0.5) is 0 Å². The van der Waals surface area contributed by atoms with Crippen molar-refractivity contribution in [2.75, 3.05) is 19.6 Å². The summed E-state index contributed by atoms with van der Waals surface area (Å²) >= 11 is 0. The highest BCUT2D eigenvalue weighted by atomic mass is 16.2. The van der Waals surface area contributed by atoms with Crippen molar-refractivity contribution < 1.29 is 9.59 Å². The van der Waals surface area contributed by atoms with Gasteiger partial charge >= 0.3 is 0 Å². The van der Waals surface area contributed by atoms with Crippen molar-refractivity contribution in [2.24, 2.45) is 5.92 Å². The zero-order valence-corrected chi connectivity index (χ0v) is 11.2.